The van der Waals surface area contributed by atoms with Gasteiger partial charge >= 0.3 is 0 Å². The highest BCUT2D eigenvalue weighted by Gasteiger charge is 2.17. The third kappa shape index (κ3) is 3.44. The van der Waals surface area contributed by atoms with Crippen molar-refractivity contribution in [2.24, 2.45) is 0 Å². The summed E-state index contributed by atoms with van der Waals surface area (Å²) in [5, 5.41) is 0.660. The standard InChI is InChI=1S/C12H13BrClNO2/c13-10-7-9(1-2-11(10)14)8-12(16)15-3-5-17-6-4-15/h1-2,7H,3-6,8H2. The van der Waals surface area contributed by atoms with Gasteiger partial charge < -0.3 is 9.64 Å². The van der Waals surface area contributed by atoms with Crippen LogP contribution < -0.4 is 0 Å². The Morgan fingerprint density at radius 2 is 2.12 bits per heavy atom. The topological polar surface area (TPSA) is 29.5 Å². The molecule has 1 aromatic carbocycles. The molecular formula is C12H13BrClNO2. The first kappa shape index (κ1) is 12.9. The van der Waals surface area contributed by atoms with Crippen molar-refractivity contribution in [1.29, 1.82) is 0 Å². The second-order valence-corrected chi connectivity index (χ2v) is 5.18. The number of carbonyl (C=O) groups is 1. The van der Waals surface area contributed by atoms with E-state index in [1.54, 1.807) is 6.07 Å². The Balaban J connectivity index is 1.99. The Bertz CT molecular complexity index is 419. The second kappa shape index (κ2) is 5.85. The van der Waals surface area contributed by atoms with Crippen LogP contribution in [0.4, 0.5) is 0 Å². The first-order chi connectivity index (χ1) is 8.16. The summed E-state index contributed by atoms with van der Waals surface area (Å²) in [7, 11) is 0. The zero-order chi connectivity index (χ0) is 12.3. The van der Waals surface area contributed by atoms with Crippen LogP contribution in [0.2, 0.25) is 5.02 Å². The molecule has 0 unspecified atom stereocenters. The third-order valence-electron chi connectivity index (χ3n) is 2.70. The molecule has 1 heterocycles. The Labute approximate surface area is 114 Å². The number of ether oxygens (including phenoxy) is 1. The summed E-state index contributed by atoms with van der Waals surface area (Å²) in [5.41, 5.74) is 0.970. The summed E-state index contributed by atoms with van der Waals surface area (Å²) in [5.74, 6) is 0.141. The molecule has 0 radical (unpaired) electrons. The van der Waals surface area contributed by atoms with Gasteiger partial charge in [-0.15, -0.1) is 0 Å². The van der Waals surface area contributed by atoms with Crippen LogP contribution in [0, 0.1) is 0 Å². The molecule has 5 heteroatoms. The fourth-order valence-electron chi connectivity index (χ4n) is 1.75. The van der Waals surface area contributed by atoms with Crippen molar-refractivity contribution >= 4 is 33.4 Å². The third-order valence-corrected chi connectivity index (χ3v) is 3.92. The van der Waals surface area contributed by atoms with Gasteiger partial charge in [-0.1, -0.05) is 17.7 Å². The molecule has 0 bridgehead atoms. The van der Waals surface area contributed by atoms with Crippen LogP contribution >= 0.6 is 27.5 Å². The molecule has 1 aliphatic rings. The van der Waals surface area contributed by atoms with Crippen LogP contribution in [0.3, 0.4) is 0 Å². The molecule has 17 heavy (non-hydrogen) atoms. The Hall–Kier alpha value is -0.580. The highest BCUT2D eigenvalue weighted by atomic mass is 79.9. The highest BCUT2D eigenvalue weighted by Crippen LogP contribution is 2.23. The number of morpholine rings is 1. The average Bonchev–Trinajstić information content (AvgIpc) is 2.35. The molecule has 92 valence electrons. The van der Waals surface area contributed by atoms with Gasteiger partial charge in [-0.2, -0.15) is 0 Å². The lowest BCUT2D eigenvalue weighted by Gasteiger charge is -2.26. The van der Waals surface area contributed by atoms with E-state index in [9.17, 15) is 4.79 Å². The zero-order valence-electron chi connectivity index (χ0n) is 9.29. The van der Waals surface area contributed by atoms with Gasteiger partial charge in [-0.25, -0.2) is 0 Å². The minimum Gasteiger partial charge on any atom is -0.378 e. The van der Waals surface area contributed by atoms with Crippen LogP contribution in [0.5, 0.6) is 0 Å². The van der Waals surface area contributed by atoms with Crippen molar-refractivity contribution in [3.63, 3.8) is 0 Å². The van der Waals surface area contributed by atoms with Crippen LogP contribution in [0.1, 0.15) is 5.56 Å². The summed E-state index contributed by atoms with van der Waals surface area (Å²) in [6.07, 6.45) is 0.412. The van der Waals surface area contributed by atoms with Gasteiger partial charge in [0.15, 0.2) is 0 Å². The van der Waals surface area contributed by atoms with E-state index in [1.807, 2.05) is 17.0 Å². The molecular weight excluding hydrogens is 305 g/mol. The molecule has 2 rings (SSSR count). The van der Waals surface area contributed by atoms with E-state index in [1.165, 1.54) is 0 Å². The molecule has 1 aromatic rings. The van der Waals surface area contributed by atoms with Gasteiger partial charge in [0, 0.05) is 17.6 Å². The van der Waals surface area contributed by atoms with E-state index < -0.39 is 0 Å². The lowest BCUT2D eigenvalue weighted by atomic mass is 10.1. The summed E-state index contributed by atoms with van der Waals surface area (Å²) in [6, 6.07) is 5.57. The van der Waals surface area contributed by atoms with E-state index >= 15 is 0 Å². The fourth-order valence-corrected chi connectivity index (χ4v) is 2.29. The first-order valence-electron chi connectivity index (χ1n) is 5.46. The average molecular weight is 319 g/mol. The molecule has 0 aromatic heterocycles. The number of benzene rings is 1. The summed E-state index contributed by atoms with van der Waals surface area (Å²) >= 11 is 9.26. The molecule has 0 saturated carbocycles. The van der Waals surface area contributed by atoms with E-state index in [2.05, 4.69) is 15.9 Å². The quantitative estimate of drug-likeness (QED) is 0.838. The monoisotopic (exact) mass is 317 g/mol. The minimum absolute atomic E-state index is 0.141. The number of amides is 1. The second-order valence-electron chi connectivity index (χ2n) is 3.92. The van der Waals surface area contributed by atoms with E-state index in [0.29, 0.717) is 37.7 Å². The zero-order valence-corrected chi connectivity index (χ0v) is 11.6. The van der Waals surface area contributed by atoms with Gasteiger partial charge in [-0.05, 0) is 33.6 Å². The van der Waals surface area contributed by atoms with Crippen molar-refractivity contribution < 1.29 is 9.53 Å². The van der Waals surface area contributed by atoms with Crippen LogP contribution in [-0.2, 0) is 16.0 Å². The van der Waals surface area contributed by atoms with Crippen molar-refractivity contribution in [3.05, 3.63) is 33.3 Å². The van der Waals surface area contributed by atoms with Crippen molar-refractivity contribution in [1.82, 2.24) is 4.90 Å². The maximum Gasteiger partial charge on any atom is 0.227 e. The minimum atomic E-state index is 0.141. The lowest BCUT2D eigenvalue weighted by Crippen LogP contribution is -2.41. The molecule has 1 amide bonds. The SMILES string of the molecule is O=C(Cc1ccc(Cl)c(Br)c1)N1CCOCC1. The van der Waals surface area contributed by atoms with Crippen LogP contribution in [-0.4, -0.2) is 37.1 Å². The molecule has 0 aliphatic carbocycles. The number of carbonyl (C=O) groups excluding carboxylic acids is 1. The maximum atomic E-state index is 12.0. The lowest BCUT2D eigenvalue weighted by molar-refractivity contribution is -0.134. The smallest absolute Gasteiger partial charge is 0.227 e. The van der Waals surface area contributed by atoms with Crippen molar-refractivity contribution in [2.45, 2.75) is 6.42 Å². The number of halogens is 2. The number of nitrogens with zero attached hydrogens (tertiary/aromatic N) is 1. The Morgan fingerprint density at radius 3 is 2.76 bits per heavy atom. The first-order valence-corrected chi connectivity index (χ1v) is 6.63. The van der Waals surface area contributed by atoms with Crippen molar-refractivity contribution in [3.8, 4) is 0 Å². The Kier molecular flexibility index (Phi) is 4.42. The number of rotatable bonds is 2. The van der Waals surface area contributed by atoms with E-state index in [-0.39, 0.29) is 5.91 Å². The van der Waals surface area contributed by atoms with E-state index in [0.717, 1.165) is 10.0 Å². The predicted molar refractivity (Wildman–Crippen MR) is 70.3 cm³/mol. The maximum absolute atomic E-state index is 12.0. The molecule has 0 atom stereocenters. The summed E-state index contributed by atoms with van der Waals surface area (Å²) in [4.78, 5) is 13.8. The molecule has 0 N–H and O–H groups in total. The molecule has 3 nitrogen and oxygen atoms in total. The van der Waals surface area contributed by atoms with Crippen LogP contribution in [0.25, 0.3) is 0 Å². The van der Waals surface area contributed by atoms with Crippen molar-refractivity contribution in [2.75, 3.05) is 26.3 Å². The highest BCUT2D eigenvalue weighted by molar-refractivity contribution is 9.10. The van der Waals surface area contributed by atoms with Gasteiger partial charge in [0.05, 0.1) is 24.7 Å². The van der Waals surface area contributed by atoms with E-state index in [4.69, 9.17) is 16.3 Å². The summed E-state index contributed by atoms with van der Waals surface area (Å²) in [6.45, 7) is 2.65. The van der Waals surface area contributed by atoms with Gasteiger partial charge in [-0.3, -0.25) is 4.79 Å². The number of hydrogen-bond donors (Lipinski definition) is 0. The molecule has 0 spiro atoms. The normalized spacial score (nSPS) is 16.0. The molecule has 1 fully saturated rings. The number of hydrogen-bond acceptors (Lipinski definition) is 2. The van der Waals surface area contributed by atoms with Gasteiger partial charge in [0.1, 0.15) is 0 Å². The van der Waals surface area contributed by atoms with Gasteiger partial charge in [0.2, 0.25) is 5.91 Å². The summed E-state index contributed by atoms with van der Waals surface area (Å²) < 4.78 is 6.04. The largest absolute Gasteiger partial charge is 0.378 e. The Morgan fingerprint density at radius 1 is 1.41 bits per heavy atom. The molecule has 1 aliphatic heterocycles. The van der Waals surface area contributed by atoms with Crippen LogP contribution in [0.15, 0.2) is 22.7 Å². The fraction of sp³-hybridized carbons (Fsp3) is 0.417. The van der Waals surface area contributed by atoms with Gasteiger partial charge in [0.25, 0.3) is 0 Å². The molecule has 1 saturated heterocycles. The predicted octanol–water partition coefficient (Wildman–Crippen LogP) is 2.50.